The highest BCUT2D eigenvalue weighted by Gasteiger charge is 2.51. The van der Waals surface area contributed by atoms with E-state index in [-0.39, 0.29) is 18.9 Å². The van der Waals surface area contributed by atoms with Crippen molar-refractivity contribution < 1.29 is 47.8 Å². The van der Waals surface area contributed by atoms with E-state index in [0.29, 0.717) is 5.56 Å². The SMILES string of the molecule is CC(=O)N[C@H]1C(OCc2ccc([N+](=O)[O-])cc2)O[C@H](COC(C)=O)[C@@H](OC(C)=O)[C@@H]1OC(C)=O. The molecular weight excluding hydrogens is 456 g/mol. The van der Waals surface area contributed by atoms with Gasteiger partial charge in [-0.3, -0.25) is 29.3 Å². The lowest BCUT2D eigenvalue weighted by Gasteiger charge is -2.44. The topological polar surface area (TPSA) is 170 Å². The first-order valence-electron chi connectivity index (χ1n) is 10.2. The number of carbonyl (C=O) groups is 4. The van der Waals surface area contributed by atoms with Crippen molar-refractivity contribution in [2.75, 3.05) is 6.61 Å². The molecule has 2 rings (SSSR count). The van der Waals surface area contributed by atoms with Crippen molar-refractivity contribution in [2.45, 2.75) is 64.9 Å². The highest BCUT2D eigenvalue weighted by atomic mass is 16.7. The number of rotatable bonds is 9. The number of amides is 1. The maximum Gasteiger partial charge on any atom is 0.303 e. The standard InChI is InChI=1S/C21H26N2O11/c1-11(24)22-18-20(33-14(4)27)19(32-13(3)26)17(10-30-12(2)25)34-21(18)31-9-15-5-7-16(8-6-15)23(28)29/h5-8,17-21H,9-10H2,1-4H3,(H,22,24)/t17-,18-,19-,20-,21?/m1/s1. The fourth-order valence-electron chi connectivity index (χ4n) is 3.33. The molecule has 0 aliphatic carbocycles. The van der Waals surface area contributed by atoms with E-state index in [9.17, 15) is 29.3 Å². The van der Waals surface area contributed by atoms with Gasteiger partial charge in [-0.2, -0.15) is 0 Å². The predicted molar refractivity (Wildman–Crippen MR) is 112 cm³/mol. The third-order valence-corrected chi connectivity index (χ3v) is 4.63. The summed E-state index contributed by atoms with van der Waals surface area (Å²) in [5.74, 6) is -2.57. The first kappa shape index (κ1) is 26.7. The van der Waals surface area contributed by atoms with Gasteiger partial charge in [0.15, 0.2) is 18.5 Å². The number of ether oxygens (including phenoxy) is 5. The van der Waals surface area contributed by atoms with Crippen LogP contribution in [0.2, 0.25) is 0 Å². The lowest BCUT2D eigenvalue weighted by Crippen LogP contribution is -2.66. The average molecular weight is 482 g/mol. The first-order valence-corrected chi connectivity index (χ1v) is 10.2. The molecule has 0 bridgehead atoms. The summed E-state index contributed by atoms with van der Waals surface area (Å²) in [6.07, 6.45) is -4.78. The second-order valence-corrected chi connectivity index (χ2v) is 7.45. The van der Waals surface area contributed by atoms with Crippen molar-refractivity contribution in [3.05, 3.63) is 39.9 Å². The van der Waals surface area contributed by atoms with Crippen LogP contribution in [-0.2, 0) is 49.5 Å². The molecule has 1 heterocycles. The second kappa shape index (κ2) is 12.0. The molecule has 5 atom stereocenters. The van der Waals surface area contributed by atoms with Crippen LogP contribution < -0.4 is 5.32 Å². The maximum absolute atomic E-state index is 11.9. The van der Waals surface area contributed by atoms with Crippen molar-refractivity contribution in [3.63, 3.8) is 0 Å². The van der Waals surface area contributed by atoms with Gasteiger partial charge in [-0.25, -0.2) is 0 Å². The number of hydrogen-bond donors (Lipinski definition) is 1. The zero-order chi connectivity index (χ0) is 25.4. The number of nitro benzene ring substituents is 1. The summed E-state index contributed by atoms with van der Waals surface area (Å²) in [5, 5.41) is 13.4. The summed E-state index contributed by atoms with van der Waals surface area (Å²) in [6.45, 7) is 4.23. The van der Waals surface area contributed by atoms with Crippen LogP contribution in [0.5, 0.6) is 0 Å². The van der Waals surface area contributed by atoms with E-state index in [0.717, 1.165) is 13.8 Å². The Morgan fingerprint density at radius 3 is 2.06 bits per heavy atom. The molecule has 0 saturated carbocycles. The molecule has 1 aromatic rings. The van der Waals surface area contributed by atoms with Gasteiger partial charge >= 0.3 is 17.9 Å². The fourth-order valence-corrected chi connectivity index (χ4v) is 3.33. The fraction of sp³-hybridized carbons (Fsp3) is 0.524. The molecule has 1 fully saturated rings. The van der Waals surface area contributed by atoms with Crippen molar-refractivity contribution in [1.82, 2.24) is 5.32 Å². The van der Waals surface area contributed by atoms with Gasteiger partial charge in [-0.1, -0.05) is 0 Å². The molecule has 1 amide bonds. The zero-order valence-electron chi connectivity index (χ0n) is 19.0. The first-order chi connectivity index (χ1) is 16.0. The molecule has 13 nitrogen and oxygen atoms in total. The largest absolute Gasteiger partial charge is 0.463 e. The molecule has 1 saturated heterocycles. The van der Waals surface area contributed by atoms with Crippen molar-refractivity contribution in [2.24, 2.45) is 0 Å². The molecule has 1 aromatic carbocycles. The lowest BCUT2D eigenvalue weighted by molar-refractivity contribution is -0.384. The lowest BCUT2D eigenvalue weighted by atomic mass is 9.96. The number of esters is 3. The molecule has 186 valence electrons. The van der Waals surface area contributed by atoms with E-state index in [1.54, 1.807) is 0 Å². The molecule has 0 spiro atoms. The Morgan fingerprint density at radius 1 is 0.971 bits per heavy atom. The minimum atomic E-state index is -1.23. The van der Waals surface area contributed by atoms with Crippen LogP contribution in [-0.4, -0.2) is 66.0 Å². The number of nitrogens with one attached hydrogen (secondary N) is 1. The van der Waals surface area contributed by atoms with E-state index < -0.39 is 59.4 Å². The molecule has 34 heavy (non-hydrogen) atoms. The van der Waals surface area contributed by atoms with Crippen molar-refractivity contribution in [1.29, 1.82) is 0 Å². The molecule has 0 aromatic heterocycles. The average Bonchev–Trinajstić information content (AvgIpc) is 2.73. The minimum absolute atomic E-state index is 0.0932. The highest BCUT2D eigenvalue weighted by Crippen LogP contribution is 2.28. The molecular formula is C21H26N2O11. The summed E-state index contributed by atoms with van der Waals surface area (Å²) >= 11 is 0. The second-order valence-electron chi connectivity index (χ2n) is 7.45. The Balaban J connectivity index is 2.34. The third-order valence-electron chi connectivity index (χ3n) is 4.63. The molecule has 1 N–H and O–H groups in total. The van der Waals surface area contributed by atoms with Crippen LogP contribution in [0.15, 0.2) is 24.3 Å². The van der Waals surface area contributed by atoms with E-state index in [1.165, 1.54) is 38.1 Å². The minimum Gasteiger partial charge on any atom is -0.463 e. The van der Waals surface area contributed by atoms with E-state index in [2.05, 4.69) is 5.32 Å². The predicted octanol–water partition coefficient (Wildman–Crippen LogP) is 0.767. The number of benzene rings is 1. The summed E-state index contributed by atoms with van der Waals surface area (Å²) < 4.78 is 27.4. The Morgan fingerprint density at radius 2 is 1.56 bits per heavy atom. The highest BCUT2D eigenvalue weighted by molar-refractivity contribution is 5.73. The van der Waals surface area contributed by atoms with E-state index in [4.69, 9.17) is 23.7 Å². The van der Waals surface area contributed by atoms with E-state index >= 15 is 0 Å². The van der Waals surface area contributed by atoms with Crippen LogP contribution in [0.3, 0.4) is 0 Å². The van der Waals surface area contributed by atoms with Gasteiger partial charge in [-0.05, 0) is 17.7 Å². The summed E-state index contributed by atoms with van der Waals surface area (Å²) in [5.41, 5.74) is 0.452. The van der Waals surface area contributed by atoms with Gasteiger partial charge in [0.05, 0.1) is 11.5 Å². The van der Waals surface area contributed by atoms with Crippen molar-refractivity contribution in [3.8, 4) is 0 Å². The van der Waals surface area contributed by atoms with Gasteiger partial charge in [0, 0.05) is 39.8 Å². The van der Waals surface area contributed by atoms with Gasteiger partial charge in [-0.15, -0.1) is 0 Å². The molecule has 1 unspecified atom stereocenters. The Bertz CT molecular complexity index is 918. The number of hydrogen-bond acceptors (Lipinski definition) is 11. The smallest absolute Gasteiger partial charge is 0.303 e. The van der Waals surface area contributed by atoms with E-state index in [1.807, 2.05) is 0 Å². The Kier molecular flexibility index (Phi) is 9.45. The monoisotopic (exact) mass is 482 g/mol. The van der Waals surface area contributed by atoms with Crippen LogP contribution in [0, 0.1) is 10.1 Å². The number of carbonyl (C=O) groups excluding carboxylic acids is 4. The normalized spacial score (nSPS) is 23.9. The summed E-state index contributed by atoms with van der Waals surface area (Å²) in [6, 6.07) is 4.46. The molecule has 0 radical (unpaired) electrons. The quantitative estimate of drug-likeness (QED) is 0.228. The number of nitro groups is 1. The third kappa shape index (κ3) is 7.78. The van der Waals surface area contributed by atoms with Crippen LogP contribution in [0.4, 0.5) is 5.69 Å². The summed E-state index contributed by atoms with van der Waals surface area (Å²) in [7, 11) is 0. The number of nitrogens with zero attached hydrogens (tertiary/aromatic N) is 1. The maximum atomic E-state index is 11.9. The molecule has 1 aliphatic rings. The van der Waals surface area contributed by atoms with Gasteiger partial charge < -0.3 is 29.0 Å². The van der Waals surface area contributed by atoms with Crippen LogP contribution >= 0.6 is 0 Å². The Hall–Kier alpha value is -3.58. The number of non-ortho nitro benzene ring substituents is 1. The van der Waals surface area contributed by atoms with Crippen molar-refractivity contribution >= 4 is 29.5 Å². The summed E-state index contributed by atoms with van der Waals surface area (Å²) in [4.78, 5) is 57.1. The molecule has 13 heteroatoms. The zero-order valence-corrected chi connectivity index (χ0v) is 19.0. The Labute approximate surface area is 194 Å². The molecule has 1 aliphatic heterocycles. The van der Waals surface area contributed by atoms with Crippen LogP contribution in [0.25, 0.3) is 0 Å². The van der Waals surface area contributed by atoms with Gasteiger partial charge in [0.1, 0.15) is 18.8 Å². The van der Waals surface area contributed by atoms with Crippen LogP contribution in [0.1, 0.15) is 33.3 Å². The van der Waals surface area contributed by atoms with Gasteiger partial charge in [0.25, 0.3) is 5.69 Å². The van der Waals surface area contributed by atoms with Gasteiger partial charge in [0.2, 0.25) is 5.91 Å².